The molecular formula is C15H19NO6S. The van der Waals surface area contributed by atoms with Crippen LogP contribution >= 0.6 is 0 Å². The quantitative estimate of drug-likeness (QED) is 0.785. The zero-order valence-corrected chi connectivity index (χ0v) is 13.8. The summed E-state index contributed by atoms with van der Waals surface area (Å²) in [7, 11) is -1.17. The highest BCUT2D eigenvalue weighted by Gasteiger charge is 2.28. The number of likely N-dealkylation sites (N-methyl/N-ethyl adjacent to an activating group) is 1. The van der Waals surface area contributed by atoms with Crippen molar-refractivity contribution in [1.29, 1.82) is 0 Å². The van der Waals surface area contributed by atoms with Crippen LogP contribution in [0.2, 0.25) is 0 Å². The molecule has 23 heavy (non-hydrogen) atoms. The summed E-state index contributed by atoms with van der Waals surface area (Å²) >= 11 is 0. The van der Waals surface area contributed by atoms with Crippen LogP contribution in [-0.4, -0.2) is 57.7 Å². The smallest absolute Gasteiger partial charge is 0.337 e. The van der Waals surface area contributed by atoms with Gasteiger partial charge in [-0.15, -0.1) is 0 Å². The third kappa shape index (κ3) is 3.90. The van der Waals surface area contributed by atoms with E-state index < -0.39 is 16.0 Å². The minimum atomic E-state index is -3.97. The lowest BCUT2D eigenvalue weighted by Gasteiger charge is -2.22. The van der Waals surface area contributed by atoms with Gasteiger partial charge in [-0.1, -0.05) is 6.08 Å². The summed E-state index contributed by atoms with van der Waals surface area (Å²) in [6.07, 6.45) is 2.68. The Hall–Kier alpha value is -1.90. The van der Waals surface area contributed by atoms with E-state index in [-0.39, 0.29) is 22.8 Å². The summed E-state index contributed by atoms with van der Waals surface area (Å²) in [6.45, 7) is 1.15. The van der Waals surface area contributed by atoms with Crippen LogP contribution in [0, 0.1) is 0 Å². The predicted octanol–water partition coefficient (Wildman–Crippen LogP) is 1.36. The van der Waals surface area contributed by atoms with E-state index in [1.54, 1.807) is 0 Å². The van der Waals surface area contributed by atoms with Crippen LogP contribution in [0.4, 0.5) is 0 Å². The molecule has 0 saturated carbocycles. The molecule has 1 aromatic rings. The number of carbonyl (C=O) groups is 1. The maximum atomic E-state index is 12.7. The second-order valence-corrected chi connectivity index (χ2v) is 7.15. The number of carboxylic acids is 1. The molecule has 8 heteroatoms. The molecule has 1 heterocycles. The molecule has 7 nitrogen and oxygen atoms in total. The number of hydrogen-bond acceptors (Lipinski definition) is 5. The largest absolute Gasteiger partial charge is 0.497 e. The van der Waals surface area contributed by atoms with Gasteiger partial charge in [0.15, 0.2) is 0 Å². The number of sulfonamides is 1. The van der Waals surface area contributed by atoms with Gasteiger partial charge in [-0.05, 0) is 24.1 Å². The fourth-order valence-corrected chi connectivity index (χ4v) is 3.65. The summed E-state index contributed by atoms with van der Waals surface area (Å²) < 4.78 is 36.9. The van der Waals surface area contributed by atoms with E-state index in [2.05, 4.69) is 0 Å². The van der Waals surface area contributed by atoms with E-state index in [9.17, 15) is 18.3 Å². The van der Waals surface area contributed by atoms with Crippen molar-refractivity contribution >= 4 is 16.0 Å². The molecule has 1 N–H and O–H groups in total. The van der Waals surface area contributed by atoms with Crippen LogP contribution in [0.5, 0.6) is 5.75 Å². The Labute approximate surface area is 135 Å². The number of ether oxygens (including phenoxy) is 2. The molecule has 1 aromatic carbocycles. The molecule has 0 atom stereocenters. The third-order valence-electron chi connectivity index (χ3n) is 3.52. The number of methoxy groups -OCH3 is 1. The van der Waals surface area contributed by atoms with Crippen molar-refractivity contribution in [3.05, 3.63) is 35.4 Å². The Kier molecular flexibility index (Phi) is 5.40. The van der Waals surface area contributed by atoms with Crippen molar-refractivity contribution in [2.45, 2.75) is 11.3 Å². The molecule has 0 aliphatic carbocycles. The summed E-state index contributed by atoms with van der Waals surface area (Å²) in [5.41, 5.74) is 0.564. The Bertz CT molecular complexity index is 725. The Morgan fingerprint density at radius 1 is 1.43 bits per heavy atom. The monoisotopic (exact) mass is 341 g/mol. The van der Waals surface area contributed by atoms with Crippen molar-refractivity contribution in [1.82, 2.24) is 4.31 Å². The SMILES string of the molecule is COc1ccc(C(=O)O)c(S(=O)(=O)N(C)CC2=CCCOC2)c1. The highest BCUT2D eigenvalue weighted by atomic mass is 32.2. The number of nitrogens with zero attached hydrogens (tertiary/aromatic N) is 1. The Balaban J connectivity index is 2.37. The highest BCUT2D eigenvalue weighted by molar-refractivity contribution is 7.89. The molecule has 0 aromatic heterocycles. The van der Waals surface area contributed by atoms with E-state index in [4.69, 9.17) is 9.47 Å². The van der Waals surface area contributed by atoms with Crippen molar-refractivity contribution in [3.63, 3.8) is 0 Å². The first-order valence-corrected chi connectivity index (χ1v) is 8.43. The lowest BCUT2D eigenvalue weighted by Crippen LogP contribution is -2.31. The van der Waals surface area contributed by atoms with Crippen molar-refractivity contribution in [2.75, 3.05) is 33.9 Å². The lowest BCUT2D eigenvalue weighted by molar-refractivity contribution is 0.0692. The molecule has 126 valence electrons. The first-order chi connectivity index (χ1) is 10.9. The van der Waals surface area contributed by atoms with E-state index in [0.717, 1.165) is 16.3 Å². The van der Waals surface area contributed by atoms with E-state index in [1.807, 2.05) is 6.08 Å². The molecular weight excluding hydrogens is 322 g/mol. The summed E-state index contributed by atoms with van der Waals surface area (Å²) in [6, 6.07) is 3.87. The maximum Gasteiger partial charge on any atom is 0.337 e. The van der Waals surface area contributed by atoms with Crippen LogP contribution in [0.3, 0.4) is 0 Å². The van der Waals surface area contributed by atoms with E-state index in [0.29, 0.717) is 13.2 Å². The minimum absolute atomic E-state index is 0.151. The van der Waals surface area contributed by atoms with Crippen LogP contribution in [0.25, 0.3) is 0 Å². The lowest BCUT2D eigenvalue weighted by atomic mass is 10.2. The molecule has 2 rings (SSSR count). The second-order valence-electron chi connectivity index (χ2n) is 5.13. The fraction of sp³-hybridized carbons (Fsp3) is 0.400. The summed E-state index contributed by atoms with van der Waals surface area (Å²) in [5, 5.41) is 9.24. The van der Waals surface area contributed by atoms with Crippen molar-refractivity contribution in [3.8, 4) is 5.75 Å². The second kappa shape index (κ2) is 7.12. The summed E-state index contributed by atoms with van der Waals surface area (Å²) in [5.74, 6) is -1.03. The van der Waals surface area contributed by atoms with Crippen LogP contribution in [0.15, 0.2) is 34.7 Å². The molecule has 1 aliphatic rings. The van der Waals surface area contributed by atoms with E-state index >= 15 is 0 Å². The van der Waals surface area contributed by atoms with Gasteiger partial charge in [0.1, 0.15) is 10.6 Å². The number of aromatic carboxylic acids is 1. The van der Waals surface area contributed by atoms with Gasteiger partial charge in [-0.3, -0.25) is 0 Å². The van der Waals surface area contributed by atoms with Crippen molar-refractivity contribution < 1.29 is 27.8 Å². The third-order valence-corrected chi connectivity index (χ3v) is 5.36. The molecule has 1 aliphatic heterocycles. The minimum Gasteiger partial charge on any atom is -0.497 e. The van der Waals surface area contributed by atoms with Crippen LogP contribution in [0.1, 0.15) is 16.8 Å². The molecule has 0 unspecified atom stereocenters. The van der Waals surface area contributed by atoms with Gasteiger partial charge in [-0.2, -0.15) is 4.31 Å². The molecule has 0 bridgehead atoms. The average Bonchev–Trinajstić information content (AvgIpc) is 2.55. The molecule has 0 saturated heterocycles. The Morgan fingerprint density at radius 2 is 2.17 bits per heavy atom. The van der Waals surface area contributed by atoms with Gasteiger partial charge in [0.25, 0.3) is 0 Å². The molecule has 0 spiro atoms. The number of hydrogen-bond donors (Lipinski definition) is 1. The normalized spacial score (nSPS) is 15.3. The zero-order valence-electron chi connectivity index (χ0n) is 13.0. The van der Waals surface area contributed by atoms with Gasteiger partial charge < -0.3 is 14.6 Å². The number of carboxylic acid groups (broad SMARTS) is 1. The van der Waals surface area contributed by atoms with Gasteiger partial charge in [0.05, 0.1) is 25.9 Å². The molecule has 0 amide bonds. The van der Waals surface area contributed by atoms with Crippen molar-refractivity contribution in [2.24, 2.45) is 0 Å². The predicted molar refractivity (Wildman–Crippen MR) is 83.3 cm³/mol. The highest BCUT2D eigenvalue weighted by Crippen LogP contribution is 2.25. The van der Waals surface area contributed by atoms with Gasteiger partial charge >= 0.3 is 5.97 Å². The molecule has 0 radical (unpaired) electrons. The Morgan fingerprint density at radius 3 is 2.74 bits per heavy atom. The van der Waals surface area contributed by atoms with Gasteiger partial charge in [0, 0.05) is 19.7 Å². The standard InChI is InChI=1S/C15H19NO6S/c1-16(9-11-4-3-7-22-10-11)23(19,20)14-8-12(21-2)5-6-13(14)15(17)18/h4-6,8H,3,7,9-10H2,1-2H3,(H,17,18). The zero-order chi connectivity index (χ0) is 17.0. The first-order valence-electron chi connectivity index (χ1n) is 6.99. The molecule has 0 fully saturated rings. The number of rotatable bonds is 6. The fourth-order valence-electron chi connectivity index (χ4n) is 2.28. The summed E-state index contributed by atoms with van der Waals surface area (Å²) in [4.78, 5) is 11.0. The first kappa shape index (κ1) is 17.5. The van der Waals surface area contributed by atoms with Gasteiger partial charge in [-0.25, -0.2) is 13.2 Å². The van der Waals surface area contributed by atoms with E-state index in [1.165, 1.54) is 32.4 Å². The average molecular weight is 341 g/mol. The van der Waals surface area contributed by atoms with Crippen LogP contribution in [-0.2, 0) is 14.8 Å². The maximum absolute atomic E-state index is 12.7. The topological polar surface area (TPSA) is 93.1 Å². The van der Waals surface area contributed by atoms with Gasteiger partial charge in [0.2, 0.25) is 10.0 Å². The number of benzene rings is 1. The van der Waals surface area contributed by atoms with Crippen LogP contribution < -0.4 is 4.74 Å².